The van der Waals surface area contributed by atoms with E-state index in [0.717, 1.165) is 22.6 Å². The van der Waals surface area contributed by atoms with Crippen molar-refractivity contribution < 1.29 is 0 Å². The molecule has 0 aromatic carbocycles. The van der Waals surface area contributed by atoms with E-state index < -0.39 is 0 Å². The van der Waals surface area contributed by atoms with Crippen LogP contribution in [0.25, 0.3) is 0 Å². The summed E-state index contributed by atoms with van der Waals surface area (Å²) in [6.07, 6.45) is 1.81. The highest BCUT2D eigenvalue weighted by atomic mass is 32.2. The molecule has 0 fully saturated rings. The maximum Gasteiger partial charge on any atom is 0.227 e. The lowest BCUT2D eigenvalue weighted by molar-refractivity contribution is 0.549. The van der Waals surface area contributed by atoms with Crippen molar-refractivity contribution in [3.8, 4) is 0 Å². The molecule has 2 rings (SSSR count). The highest BCUT2D eigenvalue weighted by Crippen LogP contribution is 2.27. The first kappa shape index (κ1) is 13.9. The summed E-state index contributed by atoms with van der Waals surface area (Å²) >= 11 is 1.67. The first-order chi connectivity index (χ1) is 9.09. The second-order valence-corrected chi connectivity index (χ2v) is 5.69. The summed E-state index contributed by atoms with van der Waals surface area (Å²) in [7, 11) is 3.96. The summed E-state index contributed by atoms with van der Waals surface area (Å²) in [5, 5.41) is 9.46. The van der Waals surface area contributed by atoms with E-state index in [2.05, 4.69) is 33.6 Å². The first-order valence-corrected chi connectivity index (χ1v) is 7.23. The molecule has 0 bridgehead atoms. The van der Waals surface area contributed by atoms with Crippen LogP contribution < -0.4 is 4.90 Å². The molecule has 0 saturated carbocycles. The second-order valence-electron chi connectivity index (χ2n) is 4.75. The van der Waals surface area contributed by atoms with Crippen LogP contribution in [0, 0.1) is 0 Å². The zero-order chi connectivity index (χ0) is 13.8. The van der Waals surface area contributed by atoms with Gasteiger partial charge in [-0.3, -0.25) is 9.55 Å². The zero-order valence-corrected chi connectivity index (χ0v) is 12.6. The lowest BCUT2D eigenvalue weighted by Gasteiger charge is -2.17. The van der Waals surface area contributed by atoms with Crippen molar-refractivity contribution in [1.82, 2.24) is 19.7 Å². The van der Waals surface area contributed by atoms with Gasteiger partial charge in [-0.1, -0.05) is 17.8 Å². The van der Waals surface area contributed by atoms with Crippen molar-refractivity contribution in [1.29, 1.82) is 0 Å². The zero-order valence-electron chi connectivity index (χ0n) is 11.7. The van der Waals surface area contributed by atoms with Gasteiger partial charge in [0.15, 0.2) is 5.16 Å². The van der Waals surface area contributed by atoms with Crippen LogP contribution in [-0.2, 0) is 5.75 Å². The van der Waals surface area contributed by atoms with Gasteiger partial charge >= 0.3 is 0 Å². The molecule has 0 amide bonds. The number of anilines is 1. The molecule has 0 atom stereocenters. The van der Waals surface area contributed by atoms with Crippen LogP contribution in [0.2, 0.25) is 0 Å². The molecule has 0 aliphatic carbocycles. The van der Waals surface area contributed by atoms with Gasteiger partial charge in [0.2, 0.25) is 5.95 Å². The topological polar surface area (TPSA) is 46.8 Å². The van der Waals surface area contributed by atoms with E-state index in [1.54, 1.807) is 11.8 Å². The SMILES string of the molecule is CC(C)n1c(SCc2ccccn2)nnc1N(C)C. The molecular formula is C13H19N5S. The average Bonchev–Trinajstić information content (AvgIpc) is 2.81. The fourth-order valence-electron chi connectivity index (χ4n) is 1.75. The Morgan fingerprint density at radius 3 is 2.63 bits per heavy atom. The summed E-state index contributed by atoms with van der Waals surface area (Å²) in [5.74, 6) is 1.69. The largest absolute Gasteiger partial charge is 0.347 e. The van der Waals surface area contributed by atoms with Crippen molar-refractivity contribution >= 4 is 17.7 Å². The van der Waals surface area contributed by atoms with E-state index >= 15 is 0 Å². The molecule has 2 heterocycles. The van der Waals surface area contributed by atoms with Gasteiger partial charge in [-0.15, -0.1) is 10.2 Å². The molecule has 2 aromatic rings. The molecule has 19 heavy (non-hydrogen) atoms. The molecule has 102 valence electrons. The van der Waals surface area contributed by atoms with E-state index in [1.165, 1.54) is 0 Å². The third kappa shape index (κ3) is 3.26. The van der Waals surface area contributed by atoms with Crippen molar-refractivity contribution in [2.24, 2.45) is 0 Å². The highest BCUT2D eigenvalue weighted by Gasteiger charge is 2.16. The number of nitrogens with zero attached hydrogens (tertiary/aromatic N) is 5. The molecule has 0 aliphatic heterocycles. The number of hydrogen-bond donors (Lipinski definition) is 0. The third-order valence-electron chi connectivity index (χ3n) is 2.64. The molecule has 0 aliphatic rings. The fraction of sp³-hybridized carbons (Fsp3) is 0.462. The molecule has 0 unspecified atom stereocenters. The summed E-state index contributed by atoms with van der Waals surface area (Å²) in [4.78, 5) is 6.31. The number of thioether (sulfide) groups is 1. The van der Waals surface area contributed by atoms with Crippen LogP contribution in [-0.4, -0.2) is 33.8 Å². The summed E-state index contributed by atoms with van der Waals surface area (Å²) in [6.45, 7) is 4.28. The lowest BCUT2D eigenvalue weighted by atomic mass is 10.4. The molecule has 0 spiro atoms. The fourth-order valence-corrected chi connectivity index (χ4v) is 2.72. The van der Waals surface area contributed by atoms with Gasteiger partial charge in [-0.05, 0) is 26.0 Å². The number of rotatable bonds is 5. The van der Waals surface area contributed by atoms with E-state index in [1.807, 2.05) is 43.4 Å². The van der Waals surface area contributed by atoms with Crippen molar-refractivity contribution in [2.75, 3.05) is 19.0 Å². The Morgan fingerprint density at radius 2 is 2.05 bits per heavy atom. The van der Waals surface area contributed by atoms with E-state index in [4.69, 9.17) is 0 Å². The van der Waals surface area contributed by atoms with Crippen molar-refractivity contribution in [2.45, 2.75) is 30.8 Å². The maximum atomic E-state index is 4.32. The van der Waals surface area contributed by atoms with Gasteiger partial charge in [0.05, 0.1) is 5.69 Å². The normalized spacial score (nSPS) is 11.0. The predicted molar refractivity (Wildman–Crippen MR) is 78.5 cm³/mol. The van der Waals surface area contributed by atoms with Crippen LogP contribution >= 0.6 is 11.8 Å². The van der Waals surface area contributed by atoms with Crippen molar-refractivity contribution in [3.05, 3.63) is 30.1 Å². The standard InChI is InChI=1S/C13H19N5S/c1-10(2)18-12(17(3)4)15-16-13(18)19-9-11-7-5-6-8-14-11/h5-8,10H,9H2,1-4H3. The third-order valence-corrected chi connectivity index (χ3v) is 3.61. The van der Waals surface area contributed by atoms with Gasteiger partial charge < -0.3 is 4.90 Å². The van der Waals surface area contributed by atoms with Crippen LogP contribution in [0.3, 0.4) is 0 Å². The Morgan fingerprint density at radius 1 is 1.26 bits per heavy atom. The molecule has 0 radical (unpaired) electrons. The quantitative estimate of drug-likeness (QED) is 0.786. The smallest absolute Gasteiger partial charge is 0.227 e. The van der Waals surface area contributed by atoms with Gasteiger partial charge in [-0.25, -0.2) is 0 Å². The minimum Gasteiger partial charge on any atom is -0.347 e. The van der Waals surface area contributed by atoms with Gasteiger partial charge in [0.1, 0.15) is 0 Å². The summed E-state index contributed by atoms with van der Waals surface area (Å²) in [6, 6.07) is 6.28. The average molecular weight is 277 g/mol. The van der Waals surface area contributed by atoms with Gasteiger partial charge in [0, 0.05) is 32.1 Å². The van der Waals surface area contributed by atoms with E-state index in [-0.39, 0.29) is 0 Å². The van der Waals surface area contributed by atoms with Crippen LogP contribution in [0.1, 0.15) is 25.6 Å². The molecule has 6 heteroatoms. The Bertz CT molecular complexity index is 521. The minimum absolute atomic E-state index is 0.332. The molecule has 2 aromatic heterocycles. The number of hydrogen-bond acceptors (Lipinski definition) is 5. The maximum absolute atomic E-state index is 4.32. The Hall–Kier alpha value is -1.56. The molecule has 0 saturated heterocycles. The van der Waals surface area contributed by atoms with Gasteiger partial charge in [0.25, 0.3) is 0 Å². The minimum atomic E-state index is 0.332. The highest BCUT2D eigenvalue weighted by molar-refractivity contribution is 7.98. The van der Waals surface area contributed by atoms with E-state index in [0.29, 0.717) is 6.04 Å². The number of pyridine rings is 1. The van der Waals surface area contributed by atoms with Crippen molar-refractivity contribution in [3.63, 3.8) is 0 Å². The summed E-state index contributed by atoms with van der Waals surface area (Å²) in [5.41, 5.74) is 1.05. The Kier molecular flexibility index (Phi) is 4.42. The second kappa shape index (κ2) is 6.06. The first-order valence-electron chi connectivity index (χ1n) is 6.24. The van der Waals surface area contributed by atoms with E-state index in [9.17, 15) is 0 Å². The van der Waals surface area contributed by atoms with Crippen LogP contribution in [0.15, 0.2) is 29.6 Å². The van der Waals surface area contributed by atoms with Crippen LogP contribution in [0.4, 0.5) is 5.95 Å². The lowest BCUT2D eigenvalue weighted by Crippen LogP contribution is -2.17. The molecule has 0 N–H and O–H groups in total. The Balaban J connectivity index is 2.16. The molecule has 5 nitrogen and oxygen atoms in total. The number of aromatic nitrogens is 4. The Labute approximate surface area is 118 Å². The van der Waals surface area contributed by atoms with Crippen LogP contribution in [0.5, 0.6) is 0 Å². The summed E-state index contributed by atoms with van der Waals surface area (Å²) < 4.78 is 2.15. The van der Waals surface area contributed by atoms with Gasteiger partial charge in [-0.2, -0.15) is 0 Å². The molecular weight excluding hydrogens is 258 g/mol. The monoisotopic (exact) mass is 277 g/mol. The predicted octanol–water partition coefficient (Wildman–Crippen LogP) is 2.61.